The molecule has 1 aliphatic rings. The molecule has 0 fully saturated rings. The van der Waals surface area contributed by atoms with Crippen molar-refractivity contribution in [3.8, 4) is 16.8 Å². The topological polar surface area (TPSA) is 17.8 Å². The summed E-state index contributed by atoms with van der Waals surface area (Å²) in [7, 11) is 0. The molecule has 4 aromatic carbocycles. The van der Waals surface area contributed by atoms with Crippen LogP contribution in [0.4, 0.5) is 0 Å². The van der Waals surface area contributed by atoms with Crippen LogP contribution in [0.3, 0.4) is 0 Å². The average molecular weight is 417 g/mol. The maximum Gasteiger partial charge on any atom is 0.0813 e. The van der Waals surface area contributed by atoms with Gasteiger partial charge in [-0.2, -0.15) is 0 Å². The van der Waals surface area contributed by atoms with Crippen LogP contribution in [0.2, 0.25) is 0 Å². The predicted octanol–water partition coefficient (Wildman–Crippen LogP) is 7.70. The lowest BCUT2D eigenvalue weighted by atomic mass is 9.81. The fourth-order valence-corrected chi connectivity index (χ4v) is 6.27. The number of aromatic nitrogens is 2. The Kier molecular flexibility index (Phi) is 3.25. The molecule has 2 heterocycles. The van der Waals surface area contributed by atoms with Crippen molar-refractivity contribution in [2.24, 2.45) is 0 Å². The van der Waals surface area contributed by atoms with Crippen LogP contribution in [-0.4, -0.2) is 9.55 Å². The van der Waals surface area contributed by atoms with Gasteiger partial charge in [0.15, 0.2) is 0 Å². The first-order chi connectivity index (χ1) is 15.1. The second-order valence-electron chi connectivity index (χ2n) is 8.91. The molecule has 0 aliphatic heterocycles. The Morgan fingerprint density at radius 1 is 0.806 bits per heavy atom. The minimum absolute atomic E-state index is 0.0633. The number of para-hydroxylation sites is 1. The lowest BCUT2D eigenvalue weighted by molar-refractivity contribution is 0.664. The van der Waals surface area contributed by atoms with Crippen molar-refractivity contribution in [1.29, 1.82) is 0 Å². The lowest BCUT2D eigenvalue weighted by Crippen LogP contribution is -2.16. The molecule has 3 heteroatoms. The van der Waals surface area contributed by atoms with E-state index in [0.717, 1.165) is 5.52 Å². The smallest absolute Gasteiger partial charge is 0.0813 e. The third-order valence-corrected chi connectivity index (χ3v) is 7.72. The summed E-state index contributed by atoms with van der Waals surface area (Å²) in [5, 5.41) is 2.62. The van der Waals surface area contributed by atoms with Crippen molar-refractivity contribution >= 4 is 43.4 Å². The fourth-order valence-electron chi connectivity index (χ4n) is 5.56. The standard InChI is InChI=1S/C28H20N2S/c1-28(2)22-9-5-3-7-18(22)20-12-13-21-19-8-4-6-10-24(19)30(27(21)26(20)28)17-11-14-23-25(15-17)31-16-29-23/h3-16H,1-2H3. The van der Waals surface area contributed by atoms with E-state index in [1.807, 2.05) is 5.51 Å². The van der Waals surface area contributed by atoms with Crippen molar-refractivity contribution in [2.45, 2.75) is 19.3 Å². The second-order valence-corrected chi connectivity index (χ2v) is 9.80. The molecule has 0 N–H and O–H groups in total. The molecule has 7 rings (SSSR count). The minimum Gasteiger partial charge on any atom is -0.309 e. The molecule has 2 nitrogen and oxygen atoms in total. The van der Waals surface area contributed by atoms with Crippen LogP contribution in [0.15, 0.2) is 84.4 Å². The second kappa shape index (κ2) is 5.83. The van der Waals surface area contributed by atoms with Crippen LogP contribution in [0.25, 0.3) is 48.8 Å². The fraction of sp³-hybridized carbons (Fsp3) is 0.107. The van der Waals surface area contributed by atoms with E-state index in [2.05, 4.69) is 102 Å². The van der Waals surface area contributed by atoms with Gasteiger partial charge in [-0.1, -0.05) is 68.4 Å². The zero-order valence-electron chi connectivity index (χ0n) is 17.4. The SMILES string of the molecule is CC1(C)c2ccccc2-c2ccc3c4ccccc4n(-c4ccc5ncsc5c4)c3c21. The number of fused-ring (bicyclic) bond motifs is 8. The van der Waals surface area contributed by atoms with Crippen LogP contribution in [-0.2, 0) is 5.41 Å². The highest BCUT2D eigenvalue weighted by atomic mass is 32.1. The van der Waals surface area contributed by atoms with Gasteiger partial charge in [0.1, 0.15) is 0 Å². The van der Waals surface area contributed by atoms with Crippen molar-refractivity contribution < 1.29 is 0 Å². The van der Waals surface area contributed by atoms with Gasteiger partial charge in [-0.3, -0.25) is 0 Å². The molecule has 0 atom stereocenters. The van der Waals surface area contributed by atoms with Crippen LogP contribution >= 0.6 is 11.3 Å². The molecule has 0 amide bonds. The summed E-state index contributed by atoms with van der Waals surface area (Å²) in [6.45, 7) is 4.73. The Labute approximate surface area is 184 Å². The van der Waals surface area contributed by atoms with Crippen molar-refractivity contribution in [3.05, 3.63) is 95.5 Å². The van der Waals surface area contributed by atoms with Crippen LogP contribution in [0.1, 0.15) is 25.0 Å². The van der Waals surface area contributed by atoms with E-state index < -0.39 is 0 Å². The van der Waals surface area contributed by atoms with Crippen molar-refractivity contribution in [2.75, 3.05) is 0 Å². The number of nitrogens with zero attached hydrogens (tertiary/aromatic N) is 2. The highest BCUT2D eigenvalue weighted by Crippen LogP contribution is 2.52. The number of hydrogen-bond acceptors (Lipinski definition) is 2. The van der Waals surface area contributed by atoms with E-state index in [1.165, 1.54) is 54.4 Å². The molecule has 2 aromatic heterocycles. The van der Waals surface area contributed by atoms with E-state index >= 15 is 0 Å². The van der Waals surface area contributed by atoms with Gasteiger partial charge in [-0.05, 0) is 46.5 Å². The van der Waals surface area contributed by atoms with Gasteiger partial charge < -0.3 is 4.57 Å². The molecule has 0 radical (unpaired) electrons. The molecule has 31 heavy (non-hydrogen) atoms. The van der Waals surface area contributed by atoms with Gasteiger partial charge in [-0.25, -0.2) is 4.98 Å². The Balaban J connectivity index is 1.69. The molecular formula is C28H20N2S. The zero-order valence-corrected chi connectivity index (χ0v) is 18.2. The van der Waals surface area contributed by atoms with Crippen LogP contribution < -0.4 is 0 Å². The summed E-state index contributed by atoms with van der Waals surface area (Å²) >= 11 is 1.70. The van der Waals surface area contributed by atoms with Crippen LogP contribution in [0, 0.1) is 0 Å². The molecule has 0 saturated heterocycles. The summed E-state index contributed by atoms with van der Waals surface area (Å²) in [6.07, 6.45) is 0. The number of thiazole rings is 1. The normalized spacial score (nSPS) is 14.4. The van der Waals surface area contributed by atoms with E-state index in [-0.39, 0.29) is 5.41 Å². The van der Waals surface area contributed by atoms with Gasteiger partial charge in [0.25, 0.3) is 0 Å². The quantitative estimate of drug-likeness (QED) is 0.268. The molecule has 0 unspecified atom stereocenters. The third kappa shape index (κ3) is 2.14. The summed E-state index contributed by atoms with van der Waals surface area (Å²) in [5.74, 6) is 0. The summed E-state index contributed by atoms with van der Waals surface area (Å²) in [4.78, 5) is 4.48. The molecule has 6 aromatic rings. The molecule has 0 bridgehead atoms. The number of rotatable bonds is 1. The first-order valence-electron chi connectivity index (χ1n) is 10.6. The molecule has 0 saturated carbocycles. The summed E-state index contributed by atoms with van der Waals surface area (Å²) < 4.78 is 3.69. The van der Waals surface area contributed by atoms with E-state index in [9.17, 15) is 0 Å². The van der Waals surface area contributed by atoms with E-state index in [1.54, 1.807) is 11.3 Å². The Bertz CT molecular complexity index is 1670. The van der Waals surface area contributed by atoms with Crippen molar-refractivity contribution in [1.82, 2.24) is 9.55 Å². The Morgan fingerprint density at radius 3 is 2.58 bits per heavy atom. The summed E-state index contributed by atoms with van der Waals surface area (Å²) in [6, 6.07) is 28.9. The van der Waals surface area contributed by atoms with Crippen molar-refractivity contribution in [3.63, 3.8) is 0 Å². The van der Waals surface area contributed by atoms with Gasteiger partial charge in [0.2, 0.25) is 0 Å². The average Bonchev–Trinajstić information content (AvgIpc) is 3.45. The van der Waals surface area contributed by atoms with Gasteiger partial charge >= 0.3 is 0 Å². The molecule has 148 valence electrons. The first-order valence-corrected chi connectivity index (χ1v) is 11.5. The predicted molar refractivity (Wildman–Crippen MR) is 132 cm³/mol. The molecule has 0 spiro atoms. The molecule has 1 aliphatic carbocycles. The first kappa shape index (κ1) is 17.3. The Hall–Kier alpha value is -3.43. The lowest BCUT2D eigenvalue weighted by Gasteiger charge is -2.23. The maximum atomic E-state index is 4.48. The minimum atomic E-state index is -0.0633. The maximum absolute atomic E-state index is 4.48. The van der Waals surface area contributed by atoms with Gasteiger partial charge in [-0.15, -0.1) is 11.3 Å². The number of benzene rings is 4. The summed E-state index contributed by atoms with van der Waals surface area (Å²) in [5.41, 5.74) is 12.2. The highest BCUT2D eigenvalue weighted by Gasteiger charge is 2.38. The highest BCUT2D eigenvalue weighted by molar-refractivity contribution is 7.16. The van der Waals surface area contributed by atoms with E-state index in [4.69, 9.17) is 0 Å². The third-order valence-electron chi connectivity index (χ3n) is 6.93. The van der Waals surface area contributed by atoms with E-state index in [0.29, 0.717) is 0 Å². The van der Waals surface area contributed by atoms with Crippen LogP contribution in [0.5, 0.6) is 0 Å². The largest absolute Gasteiger partial charge is 0.309 e. The zero-order chi connectivity index (χ0) is 20.7. The number of hydrogen-bond donors (Lipinski definition) is 0. The monoisotopic (exact) mass is 416 g/mol. The van der Waals surface area contributed by atoms with Gasteiger partial charge in [0, 0.05) is 21.9 Å². The Morgan fingerprint density at radius 2 is 1.65 bits per heavy atom. The van der Waals surface area contributed by atoms with Gasteiger partial charge in [0.05, 0.1) is 26.8 Å². The molecular weight excluding hydrogens is 396 g/mol.